The van der Waals surface area contributed by atoms with E-state index in [2.05, 4.69) is 6.92 Å². The molecule has 3 heteroatoms. The maximum atomic E-state index is 5.96. The Balaban J connectivity index is 1.69. The molecule has 110 valence electrons. The Kier molecular flexibility index (Phi) is 3.19. The first-order valence-corrected chi connectivity index (χ1v) is 9.23. The molecule has 20 heavy (non-hydrogen) atoms. The second kappa shape index (κ2) is 4.81. The minimum atomic E-state index is 0.454. The van der Waals surface area contributed by atoms with E-state index in [9.17, 15) is 0 Å². The lowest BCUT2D eigenvalue weighted by molar-refractivity contribution is -0.00533. The van der Waals surface area contributed by atoms with Crippen LogP contribution < -0.4 is 5.73 Å². The third kappa shape index (κ3) is 1.97. The van der Waals surface area contributed by atoms with Crippen molar-refractivity contribution in [1.82, 2.24) is 4.98 Å². The molecule has 4 aliphatic carbocycles. The molecule has 0 saturated heterocycles. The Morgan fingerprint density at radius 2 is 1.75 bits per heavy atom. The average Bonchev–Trinajstić information content (AvgIpc) is 2.81. The number of aromatic nitrogens is 1. The van der Waals surface area contributed by atoms with E-state index in [1.807, 2.05) is 11.3 Å². The zero-order chi connectivity index (χ0) is 13.7. The molecule has 2 N–H and O–H groups in total. The van der Waals surface area contributed by atoms with Crippen molar-refractivity contribution in [2.75, 3.05) is 0 Å². The molecule has 4 saturated carbocycles. The highest BCUT2D eigenvalue weighted by atomic mass is 32.1. The average molecular weight is 290 g/mol. The molecule has 4 aliphatic rings. The van der Waals surface area contributed by atoms with Gasteiger partial charge in [-0.1, -0.05) is 13.3 Å². The molecule has 0 aliphatic heterocycles. The first-order valence-electron chi connectivity index (χ1n) is 8.41. The van der Waals surface area contributed by atoms with Crippen molar-refractivity contribution < 1.29 is 0 Å². The van der Waals surface area contributed by atoms with Gasteiger partial charge in [-0.05, 0) is 62.7 Å². The highest BCUT2D eigenvalue weighted by Gasteiger charge is 2.53. The monoisotopic (exact) mass is 290 g/mol. The summed E-state index contributed by atoms with van der Waals surface area (Å²) in [6, 6.07) is 0. The fourth-order valence-corrected chi connectivity index (χ4v) is 6.78. The summed E-state index contributed by atoms with van der Waals surface area (Å²) in [5.41, 5.74) is 7.72. The van der Waals surface area contributed by atoms with Crippen molar-refractivity contribution >= 4 is 11.3 Å². The van der Waals surface area contributed by atoms with Crippen LogP contribution in [0.4, 0.5) is 0 Å². The van der Waals surface area contributed by atoms with E-state index >= 15 is 0 Å². The van der Waals surface area contributed by atoms with E-state index in [1.165, 1.54) is 60.5 Å². The molecule has 0 atom stereocenters. The minimum absolute atomic E-state index is 0.454. The third-order valence-corrected chi connectivity index (χ3v) is 7.31. The van der Waals surface area contributed by atoms with Crippen LogP contribution in [-0.2, 0) is 18.4 Å². The predicted octanol–water partition coefficient (Wildman–Crippen LogP) is 4.02. The summed E-state index contributed by atoms with van der Waals surface area (Å²) in [6.45, 7) is 2.92. The minimum Gasteiger partial charge on any atom is -0.326 e. The molecule has 4 fully saturated rings. The van der Waals surface area contributed by atoms with Crippen molar-refractivity contribution in [3.05, 3.63) is 15.6 Å². The summed E-state index contributed by atoms with van der Waals surface area (Å²) in [5.74, 6) is 3.00. The third-order valence-electron chi connectivity index (χ3n) is 5.94. The number of hydrogen-bond acceptors (Lipinski definition) is 3. The molecule has 0 aromatic carbocycles. The molecule has 2 nitrogen and oxygen atoms in total. The van der Waals surface area contributed by atoms with Crippen LogP contribution in [0.5, 0.6) is 0 Å². The second-order valence-corrected chi connectivity index (χ2v) is 8.62. The summed E-state index contributed by atoms with van der Waals surface area (Å²) in [4.78, 5) is 6.46. The molecule has 4 bridgehead atoms. The van der Waals surface area contributed by atoms with Crippen LogP contribution in [0.15, 0.2) is 0 Å². The van der Waals surface area contributed by atoms with E-state index in [4.69, 9.17) is 10.7 Å². The summed E-state index contributed by atoms with van der Waals surface area (Å²) in [7, 11) is 0. The lowest BCUT2D eigenvalue weighted by atomic mass is 9.50. The van der Waals surface area contributed by atoms with E-state index in [0.29, 0.717) is 12.0 Å². The summed E-state index contributed by atoms with van der Waals surface area (Å²) in [6.07, 6.45) is 11.1. The van der Waals surface area contributed by atoms with E-state index in [-0.39, 0.29) is 0 Å². The van der Waals surface area contributed by atoms with Crippen LogP contribution >= 0.6 is 11.3 Å². The fraction of sp³-hybridized carbons (Fsp3) is 0.824. The molecule has 0 radical (unpaired) electrons. The predicted molar refractivity (Wildman–Crippen MR) is 83.9 cm³/mol. The number of nitrogens with two attached hydrogens (primary N) is 1. The van der Waals surface area contributed by atoms with Crippen LogP contribution in [-0.4, -0.2) is 4.98 Å². The van der Waals surface area contributed by atoms with Crippen molar-refractivity contribution in [3.63, 3.8) is 0 Å². The Morgan fingerprint density at radius 1 is 1.15 bits per heavy atom. The zero-order valence-corrected chi connectivity index (χ0v) is 13.3. The highest BCUT2D eigenvalue weighted by Crippen LogP contribution is 2.61. The van der Waals surface area contributed by atoms with Gasteiger partial charge in [-0.3, -0.25) is 0 Å². The molecule has 1 aromatic heterocycles. The first-order chi connectivity index (χ1) is 9.72. The van der Waals surface area contributed by atoms with Crippen LogP contribution in [0.1, 0.15) is 67.4 Å². The lowest BCUT2D eigenvalue weighted by Gasteiger charge is -2.56. The SMILES string of the molecule is CCCc1nc(C23CC4CC(CC(C4)C2)C3)sc1CN. The van der Waals surface area contributed by atoms with Crippen LogP contribution in [0, 0.1) is 17.8 Å². The van der Waals surface area contributed by atoms with Gasteiger partial charge in [0.15, 0.2) is 0 Å². The Morgan fingerprint density at radius 3 is 2.25 bits per heavy atom. The van der Waals surface area contributed by atoms with Gasteiger partial charge in [-0.2, -0.15) is 0 Å². The maximum Gasteiger partial charge on any atom is 0.0993 e. The van der Waals surface area contributed by atoms with Crippen LogP contribution in [0.3, 0.4) is 0 Å². The Hall–Kier alpha value is -0.410. The van der Waals surface area contributed by atoms with Crippen molar-refractivity contribution in [2.24, 2.45) is 23.5 Å². The second-order valence-electron chi connectivity index (χ2n) is 7.54. The maximum absolute atomic E-state index is 5.96. The highest BCUT2D eigenvalue weighted by molar-refractivity contribution is 7.11. The Bertz CT molecular complexity index is 470. The topological polar surface area (TPSA) is 38.9 Å². The van der Waals surface area contributed by atoms with Gasteiger partial charge >= 0.3 is 0 Å². The van der Waals surface area contributed by atoms with Gasteiger partial charge in [0.25, 0.3) is 0 Å². The largest absolute Gasteiger partial charge is 0.326 e. The van der Waals surface area contributed by atoms with E-state index < -0.39 is 0 Å². The molecule has 5 rings (SSSR count). The van der Waals surface area contributed by atoms with Gasteiger partial charge in [-0.15, -0.1) is 11.3 Å². The molecule has 0 amide bonds. The van der Waals surface area contributed by atoms with Crippen molar-refractivity contribution in [2.45, 2.75) is 70.3 Å². The standard InChI is InChI=1S/C17H26N2S/c1-2-3-14-15(10-18)20-16(19-14)17-7-11-4-12(8-17)6-13(5-11)9-17/h11-13H,2-10,18H2,1H3. The zero-order valence-electron chi connectivity index (χ0n) is 12.5. The normalized spacial score (nSPS) is 38.6. The van der Waals surface area contributed by atoms with E-state index in [0.717, 1.165) is 24.2 Å². The van der Waals surface area contributed by atoms with Gasteiger partial charge in [0.1, 0.15) is 0 Å². The van der Waals surface area contributed by atoms with Gasteiger partial charge in [0.05, 0.1) is 10.7 Å². The molecule has 0 unspecified atom stereocenters. The van der Waals surface area contributed by atoms with Crippen LogP contribution in [0.2, 0.25) is 0 Å². The number of aryl methyl sites for hydroxylation is 1. The number of rotatable bonds is 4. The number of thiazole rings is 1. The van der Waals surface area contributed by atoms with Gasteiger partial charge in [-0.25, -0.2) is 4.98 Å². The quantitative estimate of drug-likeness (QED) is 0.909. The Labute approximate surface area is 126 Å². The van der Waals surface area contributed by atoms with Gasteiger partial charge in [0, 0.05) is 16.8 Å². The number of hydrogen-bond donors (Lipinski definition) is 1. The van der Waals surface area contributed by atoms with Crippen molar-refractivity contribution in [1.29, 1.82) is 0 Å². The molecular weight excluding hydrogens is 264 g/mol. The molecule has 1 aromatic rings. The molecular formula is C17H26N2S. The van der Waals surface area contributed by atoms with Crippen molar-refractivity contribution in [3.8, 4) is 0 Å². The van der Waals surface area contributed by atoms with E-state index in [1.54, 1.807) is 0 Å². The van der Waals surface area contributed by atoms with Gasteiger partial charge < -0.3 is 5.73 Å². The summed E-state index contributed by atoms with van der Waals surface area (Å²) < 4.78 is 0. The summed E-state index contributed by atoms with van der Waals surface area (Å²) in [5, 5.41) is 1.46. The molecule has 0 spiro atoms. The smallest absolute Gasteiger partial charge is 0.0993 e. The van der Waals surface area contributed by atoms with Crippen LogP contribution in [0.25, 0.3) is 0 Å². The molecule has 1 heterocycles. The number of nitrogens with zero attached hydrogens (tertiary/aromatic N) is 1. The summed E-state index contributed by atoms with van der Waals surface area (Å²) >= 11 is 1.95. The lowest BCUT2D eigenvalue weighted by Crippen LogP contribution is -2.48. The fourth-order valence-electron chi connectivity index (χ4n) is 5.57. The van der Waals surface area contributed by atoms with Gasteiger partial charge in [0.2, 0.25) is 0 Å². The first kappa shape index (κ1) is 13.3.